The lowest BCUT2D eigenvalue weighted by molar-refractivity contribution is 0.176. The van der Waals surface area contributed by atoms with Crippen molar-refractivity contribution in [2.45, 2.75) is 52.4 Å². The van der Waals surface area contributed by atoms with Gasteiger partial charge in [0.1, 0.15) is 13.2 Å². The van der Waals surface area contributed by atoms with E-state index in [1.165, 1.54) is 19.4 Å². The summed E-state index contributed by atoms with van der Waals surface area (Å²) in [6.07, 6.45) is 0. The van der Waals surface area contributed by atoms with Gasteiger partial charge in [-0.2, -0.15) is 10.5 Å². The molecule has 0 aliphatic carbocycles. The van der Waals surface area contributed by atoms with Crippen LogP contribution in [-0.2, 0) is 0 Å². The third-order valence-electron chi connectivity index (χ3n) is 9.13. The van der Waals surface area contributed by atoms with Crippen LogP contribution in [0.5, 0.6) is 11.5 Å². The van der Waals surface area contributed by atoms with Gasteiger partial charge in [0.15, 0.2) is 11.5 Å². The zero-order valence-electron chi connectivity index (χ0n) is 23.2. The Morgan fingerprint density at radius 1 is 0.568 bits per heavy atom. The number of rotatable bonds is 6. The normalized spacial score (nSPS) is 14.1. The van der Waals surface area contributed by atoms with Crippen molar-refractivity contribution < 1.29 is 9.47 Å². The Morgan fingerprint density at radius 2 is 0.892 bits per heavy atom. The summed E-state index contributed by atoms with van der Waals surface area (Å²) in [5, 5.41) is 21.4. The van der Waals surface area contributed by atoms with Crippen LogP contribution in [0.3, 0.4) is 0 Å². The Kier molecular flexibility index (Phi) is 7.25. The number of benzene rings is 2. The average Bonchev–Trinajstić information content (AvgIpc) is 3.30. The van der Waals surface area contributed by atoms with Gasteiger partial charge in [-0.3, -0.25) is 0 Å². The molecule has 192 valence electrons. The molecule has 9 heteroatoms. The molecule has 0 bridgehead atoms. The van der Waals surface area contributed by atoms with E-state index < -0.39 is 30.4 Å². The number of ether oxygens (including phenoxy) is 2. The van der Waals surface area contributed by atoms with Gasteiger partial charge in [0.05, 0.1) is 53.6 Å². The molecule has 2 heterocycles. The molecule has 0 spiro atoms. The molecule has 37 heavy (non-hydrogen) atoms. The minimum absolute atomic E-state index is 0.595. The monoisotopic (exact) mass is 576 g/mol. The van der Waals surface area contributed by atoms with Gasteiger partial charge in [0.2, 0.25) is 0 Å². The summed E-state index contributed by atoms with van der Waals surface area (Å²) in [6.45, 7) is 21.1. The van der Waals surface area contributed by atoms with E-state index >= 15 is 0 Å². The number of thiophene rings is 1. The van der Waals surface area contributed by atoms with Gasteiger partial charge >= 0.3 is 0 Å². The predicted molar refractivity (Wildman–Crippen MR) is 166 cm³/mol. The summed E-state index contributed by atoms with van der Waals surface area (Å²) in [7, 11) is -7.80. The molecule has 1 aliphatic heterocycles. The fourth-order valence-corrected chi connectivity index (χ4v) is 29.7. The molecule has 0 saturated heterocycles. The van der Waals surface area contributed by atoms with E-state index in [1.54, 1.807) is 0 Å². The van der Waals surface area contributed by atoms with E-state index in [9.17, 15) is 10.5 Å². The summed E-state index contributed by atoms with van der Waals surface area (Å²) >= 11 is 1.99. The van der Waals surface area contributed by atoms with Crippen molar-refractivity contribution in [1.29, 1.82) is 10.5 Å². The first-order chi connectivity index (χ1) is 17.3. The second kappa shape index (κ2) is 9.72. The predicted octanol–water partition coefficient (Wildman–Crippen LogP) is 4.48. The summed E-state index contributed by atoms with van der Waals surface area (Å²) in [5.74, 6) is 2.03. The number of hydrogen-bond donors (Lipinski definition) is 0. The summed E-state index contributed by atoms with van der Waals surface area (Å²) in [4.78, 5) is 0. The molecule has 1 aliphatic rings. The van der Waals surface area contributed by atoms with Crippen LogP contribution in [0.15, 0.2) is 48.5 Å². The first kappa shape index (κ1) is 27.6. The maximum Gasteiger partial charge on any atom is 0.170 e. The molecule has 2 aromatic carbocycles. The molecular weight excluding hydrogens is 541 g/mol. The molecule has 4 rings (SSSR count). The Labute approximate surface area is 229 Å². The van der Waals surface area contributed by atoms with Crippen molar-refractivity contribution in [3.63, 3.8) is 0 Å². The molecule has 0 fully saturated rings. The van der Waals surface area contributed by atoms with Crippen LogP contribution in [-0.4, -0.2) is 43.6 Å². The second-order valence-electron chi connectivity index (χ2n) is 12.0. The lowest BCUT2D eigenvalue weighted by Gasteiger charge is -2.39. The molecular formula is C28H36N2O2SSi4. The number of fused-ring (bicyclic) bond motifs is 1. The van der Waals surface area contributed by atoms with Crippen molar-refractivity contribution in [3.05, 3.63) is 59.7 Å². The van der Waals surface area contributed by atoms with Gasteiger partial charge in [0.25, 0.3) is 0 Å². The quantitative estimate of drug-likeness (QED) is 0.406. The number of nitriles is 2. The first-order valence-corrected chi connectivity index (χ1v) is 27.6. The largest absolute Gasteiger partial charge is 0.485 e. The highest BCUT2D eigenvalue weighted by Crippen LogP contribution is 2.39. The van der Waals surface area contributed by atoms with Gasteiger partial charge in [-0.15, -0.1) is 11.3 Å². The van der Waals surface area contributed by atoms with Gasteiger partial charge < -0.3 is 9.47 Å². The second-order valence-corrected chi connectivity index (χ2v) is 43.9. The SMILES string of the molecule is C[Si](C)(c1ccc(C#N)cc1)[Si](C)(C)c1sc([Si](C)(C)[Si](C)(C)c2ccc(C#N)cc2)c2c1OCCO2. The van der Waals surface area contributed by atoms with Crippen LogP contribution < -0.4 is 28.8 Å². The molecule has 4 nitrogen and oxygen atoms in total. The van der Waals surface area contributed by atoms with Crippen molar-refractivity contribution in [3.8, 4) is 23.6 Å². The van der Waals surface area contributed by atoms with Gasteiger partial charge in [0, 0.05) is 9.00 Å². The van der Waals surface area contributed by atoms with Gasteiger partial charge in [-0.05, 0) is 24.3 Å². The Bertz CT molecular complexity index is 1290. The summed E-state index contributed by atoms with van der Waals surface area (Å²) < 4.78 is 15.7. The number of nitrogens with zero attached hydrogens (tertiary/aromatic N) is 2. The van der Waals surface area contributed by atoms with E-state index in [-0.39, 0.29) is 0 Å². The standard InChI is InChI=1S/C28H36N2O2SSi4/c1-34(2,23-13-9-21(19-29)10-14-23)36(5,6)27-25-26(32-18-17-31-25)28(33-27)37(7,8)35(3,4)24-15-11-22(20-30)12-16-24/h9-16H,17-18H2,1-8H3. The third-order valence-corrected chi connectivity index (χ3v) is 49.2. The molecule has 0 N–H and O–H groups in total. The van der Waals surface area contributed by atoms with Crippen LogP contribution >= 0.6 is 11.3 Å². The average molecular weight is 577 g/mol. The van der Waals surface area contributed by atoms with Crippen molar-refractivity contribution in [2.75, 3.05) is 13.2 Å². The van der Waals surface area contributed by atoms with Crippen LogP contribution in [0, 0.1) is 22.7 Å². The van der Waals surface area contributed by atoms with Crippen molar-refractivity contribution in [1.82, 2.24) is 0 Å². The zero-order valence-corrected chi connectivity index (χ0v) is 28.0. The fraction of sp³-hybridized carbons (Fsp3) is 0.357. The van der Waals surface area contributed by atoms with E-state index in [1.807, 2.05) is 35.6 Å². The first-order valence-electron chi connectivity index (χ1n) is 12.7. The van der Waals surface area contributed by atoms with E-state index in [2.05, 4.69) is 88.8 Å². The Morgan fingerprint density at radius 3 is 1.19 bits per heavy atom. The lowest BCUT2D eigenvalue weighted by Crippen LogP contribution is -2.69. The minimum Gasteiger partial charge on any atom is -0.485 e. The topological polar surface area (TPSA) is 66.0 Å². The van der Waals surface area contributed by atoms with E-state index in [0.29, 0.717) is 24.3 Å². The van der Waals surface area contributed by atoms with Crippen molar-refractivity contribution in [2.24, 2.45) is 0 Å². The maximum atomic E-state index is 9.29. The Balaban J connectivity index is 1.84. The highest BCUT2D eigenvalue weighted by Gasteiger charge is 2.52. The van der Waals surface area contributed by atoms with Crippen LogP contribution in [0.1, 0.15) is 11.1 Å². The molecule has 1 aromatic heterocycles. The smallest absolute Gasteiger partial charge is 0.170 e. The van der Waals surface area contributed by atoms with Crippen molar-refractivity contribution >= 4 is 61.1 Å². The molecule has 0 atom stereocenters. The van der Waals surface area contributed by atoms with Gasteiger partial charge in [-0.25, -0.2) is 0 Å². The zero-order chi connectivity index (χ0) is 27.2. The summed E-state index contributed by atoms with van der Waals surface area (Å²) in [6, 6.07) is 21.1. The highest BCUT2D eigenvalue weighted by molar-refractivity contribution is 7.61. The third kappa shape index (κ3) is 4.47. The highest BCUT2D eigenvalue weighted by atomic mass is 32.1. The van der Waals surface area contributed by atoms with Crippen LogP contribution in [0.25, 0.3) is 0 Å². The lowest BCUT2D eigenvalue weighted by atomic mass is 10.2. The molecule has 0 saturated carbocycles. The molecule has 0 radical (unpaired) electrons. The Hall–Kier alpha value is -2.41. The molecule has 3 aromatic rings. The van der Waals surface area contributed by atoms with E-state index in [4.69, 9.17) is 9.47 Å². The summed E-state index contributed by atoms with van der Waals surface area (Å²) in [5.41, 5.74) is 1.42. The van der Waals surface area contributed by atoms with E-state index in [0.717, 1.165) is 11.5 Å². The molecule has 0 amide bonds. The minimum atomic E-state index is -1.99. The van der Waals surface area contributed by atoms with Crippen LogP contribution in [0.2, 0.25) is 52.4 Å². The van der Waals surface area contributed by atoms with Gasteiger partial charge in [-0.1, -0.05) is 87.0 Å². The number of hydrogen-bond acceptors (Lipinski definition) is 5. The van der Waals surface area contributed by atoms with Crippen LogP contribution in [0.4, 0.5) is 0 Å². The fourth-order valence-electron chi connectivity index (χ4n) is 4.99. The molecule has 0 unspecified atom stereocenters. The maximum absolute atomic E-state index is 9.29.